The molecule has 4 N–H and O–H groups in total. The van der Waals surface area contributed by atoms with Crippen molar-refractivity contribution in [3.63, 3.8) is 0 Å². The molecular formula is C14H19N5O. The maximum atomic E-state index is 5.39. The van der Waals surface area contributed by atoms with Crippen molar-refractivity contribution in [3.05, 3.63) is 41.7 Å². The van der Waals surface area contributed by atoms with Gasteiger partial charge in [-0.2, -0.15) is 0 Å². The molecule has 0 atom stereocenters. The predicted molar refractivity (Wildman–Crippen MR) is 79.8 cm³/mol. The molecule has 0 aliphatic heterocycles. The van der Waals surface area contributed by atoms with Gasteiger partial charge in [0, 0.05) is 12.1 Å². The Hall–Kier alpha value is -2.34. The number of hydrazine groups is 1. The van der Waals surface area contributed by atoms with E-state index >= 15 is 0 Å². The number of aromatic nitrogens is 2. The van der Waals surface area contributed by atoms with Gasteiger partial charge in [0.15, 0.2) is 0 Å². The SMILES string of the molecule is COc1ccccc1CCNc1ncnc(NN)c1C. The maximum Gasteiger partial charge on any atom is 0.148 e. The zero-order valence-electron chi connectivity index (χ0n) is 11.7. The number of nitrogens with two attached hydrogens (primary N) is 1. The zero-order valence-corrected chi connectivity index (χ0v) is 11.7. The van der Waals surface area contributed by atoms with Crippen molar-refractivity contribution in [3.8, 4) is 5.75 Å². The Kier molecular flexibility index (Phi) is 4.73. The molecule has 0 aliphatic carbocycles. The van der Waals surface area contributed by atoms with Crippen LogP contribution in [0.1, 0.15) is 11.1 Å². The second-order valence-corrected chi connectivity index (χ2v) is 4.33. The van der Waals surface area contributed by atoms with Crippen molar-refractivity contribution in [2.75, 3.05) is 24.4 Å². The molecule has 0 saturated carbocycles. The Morgan fingerprint density at radius 1 is 1.20 bits per heavy atom. The summed E-state index contributed by atoms with van der Waals surface area (Å²) < 4.78 is 5.33. The van der Waals surface area contributed by atoms with Crippen molar-refractivity contribution < 1.29 is 4.74 Å². The van der Waals surface area contributed by atoms with Crippen LogP contribution in [0.15, 0.2) is 30.6 Å². The summed E-state index contributed by atoms with van der Waals surface area (Å²) in [7, 11) is 1.68. The van der Waals surface area contributed by atoms with Crippen LogP contribution in [0.3, 0.4) is 0 Å². The first-order valence-corrected chi connectivity index (χ1v) is 6.40. The van der Waals surface area contributed by atoms with Crippen molar-refractivity contribution in [2.24, 2.45) is 5.84 Å². The van der Waals surface area contributed by atoms with Crippen molar-refractivity contribution in [2.45, 2.75) is 13.3 Å². The summed E-state index contributed by atoms with van der Waals surface area (Å²) in [6, 6.07) is 7.98. The van der Waals surface area contributed by atoms with Gasteiger partial charge in [0.1, 0.15) is 23.7 Å². The van der Waals surface area contributed by atoms with Gasteiger partial charge in [-0.1, -0.05) is 18.2 Å². The van der Waals surface area contributed by atoms with Gasteiger partial charge >= 0.3 is 0 Å². The number of benzene rings is 1. The van der Waals surface area contributed by atoms with Crippen LogP contribution in [0.4, 0.5) is 11.6 Å². The van der Waals surface area contributed by atoms with E-state index in [9.17, 15) is 0 Å². The number of nitrogens with one attached hydrogen (secondary N) is 2. The van der Waals surface area contributed by atoms with Crippen molar-refractivity contribution in [1.82, 2.24) is 9.97 Å². The van der Waals surface area contributed by atoms with Gasteiger partial charge in [-0.05, 0) is 25.0 Å². The molecule has 0 amide bonds. The first kappa shape index (κ1) is 14.1. The van der Waals surface area contributed by atoms with Crippen molar-refractivity contribution in [1.29, 1.82) is 0 Å². The summed E-state index contributed by atoms with van der Waals surface area (Å²) in [4.78, 5) is 8.26. The molecule has 0 radical (unpaired) electrons. The number of nitrogen functional groups attached to an aromatic ring is 1. The van der Waals surface area contributed by atoms with Crippen LogP contribution >= 0.6 is 0 Å². The molecule has 0 unspecified atom stereocenters. The smallest absolute Gasteiger partial charge is 0.148 e. The standard InChI is InChI=1S/C14H19N5O/c1-10-13(17-9-18-14(10)19-15)16-8-7-11-5-3-4-6-12(11)20-2/h3-6,9H,7-8,15H2,1-2H3,(H2,16,17,18,19). The monoisotopic (exact) mass is 273 g/mol. The van der Waals surface area contributed by atoms with E-state index < -0.39 is 0 Å². The molecule has 6 nitrogen and oxygen atoms in total. The summed E-state index contributed by atoms with van der Waals surface area (Å²) in [6.07, 6.45) is 2.33. The van der Waals surface area contributed by atoms with Crippen LogP contribution in [-0.4, -0.2) is 23.6 Å². The molecule has 0 bridgehead atoms. The van der Waals surface area contributed by atoms with E-state index in [1.54, 1.807) is 7.11 Å². The molecule has 0 aliphatic rings. The molecule has 0 spiro atoms. The summed E-state index contributed by atoms with van der Waals surface area (Å²) >= 11 is 0. The van der Waals surface area contributed by atoms with Crippen LogP contribution in [0.25, 0.3) is 0 Å². The van der Waals surface area contributed by atoms with Gasteiger partial charge in [0.25, 0.3) is 0 Å². The number of rotatable bonds is 6. The lowest BCUT2D eigenvalue weighted by atomic mass is 10.1. The van der Waals surface area contributed by atoms with E-state index in [1.165, 1.54) is 6.33 Å². The van der Waals surface area contributed by atoms with Gasteiger partial charge in [0.2, 0.25) is 0 Å². The second-order valence-electron chi connectivity index (χ2n) is 4.33. The first-order chi connectivity index (χ1) is 9.76. The Balaban J connectivity index is 1.99. The van der Waals surface area contributed by atoms with Crippen LogP contribution in [-0.2, 0) is 6.42 Å². The van der Waals surface area contributed by atoms with E-state index in [4.69, 9.17) is 10.6 Å². The van der Waals surface area contributed by atoms with Gasteiger partial charge in [-0.15, -0.1) is 0 Å². The van der Waals surface area contributed by atoms with Crippen LogP contribution < -0.4 is 21.3 Å². The average molecular weight is 273 g/mol. The third kappa shape index (κ3) is 3.16. The molecular weight excluding hydrogens is 254 g/mol. The van der Waals surface area contributed by atoms with Crippen molar-refractivity contribution >= 4 is 11.6 Å². The third-order valence-electron chi connectivity index (χ3n) is 3.10. The molecule has 2 rings (SSSR count). The number of nitrogens with zero attached hydrogens (tertiary/aromatic N) is 2. The predicted octanol–water partition coefficient (Wildman–Crippen LogP) is 1.73. The van der Waals surface area contributed by atoms with Gasteiger partial charge < -0.3 is 15.5 Å². The average Bonchev–Trinajstić information content (AvgIpc) is 2.49. The fourth-order valence-corrected chi connectivity index (χ4v) is 2.00. The van der Waals surface area contributed by atoms with E-state index in [2.05, 4.69) is 26.8 Å². The Morgan fingerprint density at radius 2 is 1.95 bits per heavy atom. The molecule has 0 saturated heterocycles. The minimum absolute atomic E-state index is 0.625. The van der Waals surface area contributed by atoms with Crippen LogP contribution in [0.2, 0.25) is 0 Å². The molecule has 1 aromatic carbocycles. The Bertz CT molecular complexity index is 573. The topological polar surface area (TPSA) is 85.1 Å². The van der Waals surface area contributed by atoms with E-state index in [1.807, 2.05) is 25.1 Å². The number of hydrogen-bond acceptors (Lipinski definition) is 6. The zero-order chi connectivity index (χ0) is 14.4. The van der Waals surface area contributed by atoms with Gasteiger partial charge in [-0.25, -0.2) is 15.8 Å². The minimum atomic E-state index is 0.625. The lowest BCUT2D eigenvalue weighted by Gasteiger charge is -2.12. The Labute approximate surface area is 118 Å². The van der Waals surface area contributed by atoms with Gasteiger partial charge in [-0.3, -0.25) is 0 Å². The van der Waals surface area contributed by atoms with Gasteiger partial charge in [0.05, 0.1) is 7.11 Å². The van der Waals surface area contributed by atoms with Crippen LogP contribution in [0.5, 0.6) is 5.75 Å². The highest BCUT2D eigenvalue weighted by molar-refractivity contribution is 5.55. The van der Waals surface area contributed by atoms with E-state index in [0.29, 0.717) is 5.82 Å². The maximum absolute atomic E-state index is 5.39. The summed E-state index contributed by atoms with van der Waals surface area (Å²) in [5, 5.41) is 3.29. The summed E-state index contributed by atoms with van der Waals surface area (Å²) in [6.45, 7) is 2.67. The molecule has 0 fully saturated rings. The molecule has 1 heterocycles. The quantitative estimate of drug-likeness (QED) is 0.549. The minimum Gasteiger partial charge on any atom is -0.496 e. The van der Waals surface area contributed by atoms with E-state index in [-0.39, 0.29) is 0 Å². The molecule has 2 aromatic rings. The lowest BCUT2D eigenvalue weighted by molar-refractivity contribution is 0.410. The molecule has 20 heavy (non-hydrogen) atoms. The summed E-state index contributed by atoms with van der Waals surface area (Å²) in [5.41, 5.74) is 4.61. The van der Waals surface area contributed by atoms with Crippen LogP contribution in [0, 0.1) is 6.92 Å². The number of hydrogen-bond donors (Lipinski definition) is 3. The highest BCUT2D eigenvalue weighted by Gasteiger charge is 2.06. The number of ether oxygens (including phenoxy) is 1. The first-order valence-electron chi connectivity index (χ1n) is 6.40. The fourth-order valence-electron chi connectivity index (χ4n) is 2.00. The second kappa shape index (κ2) is 6.72. The molecule has 106 valence electrons. The normalized spacial score (nSPS) is 10.2. The fraction of sp³-hybridized carbons (Fsp3) is 0.286. The molecule has 6 heteroatoms. The largest absolute Gasteiger partial charge is 0.496 e. The Morgan fingerprint density at radius 3 is 2.70 bits per heavy atom. The van der Waals surface area contributed by atoms with E-state index in [0.717, 1.165) is 35.7 Å². The lowest BCUT2D eigenvalue weighted by Crippen LogP contribution is -2.14. The number of methoxy groups -OCH3 is 1. The molecule has 1 aromatic heterocycles. The highest BCUT2D eigenvalue weighted by atomic mass is 16.5. The highest BCUT2D eigenvalue weighted by Crippen LogP contribution is 2.19. The number of para-hydroxylation sites is 1. The third-order valence-corrected chi connectivity index (χ3v) is 3.10. The summed E-state index contributed by atoms with van der Waals surface area (Å²) in [5.74, 6) is 7.70. The number of anilines is 2.